The van der Waals surface area contributed by atoms with Crippen molar-refractivity contribution in [2.24, 2.45) is 11.7 Å². The molecule has 1 fully saturated rings. The van der Waals surface area contributed by atoms with Crippen LogP contribution in [0.2, 0.25) is 0 Å². The van der Waals surface area contributed by atoms with Gasteiger partial charge in [0.15, 0.2) is 5.82 Å². The molecule has 0 spiro atoms. The van der Waals surface area contributed by atoms with Crippen LogP contribution in [0.5, 0.6) is 0 Å². The van der Waals surface area contributed by atoms with Crippen molar-refractivity contribution in [1.29, 1.82) is 0 Å². The maximum absolute atomic E-state index is 12.2. The summed E-state index contributed by atoms with van der Waals surface area (Å²) in [7, 11) is 0. The van der Waals surface area contributed by atoms with Gasteiger partial charge >= 0.3 is 12.2 Å². The molecular formula is C13H18F3N5O2. The zero-order chi connectivity index (χ0) is 17.2. The van der Waals surface area contributed by atoms with E-state index >= 15 is 0 Å². The highest BCUT2D eigenvalue weighted by Gasteiger charge is 2.37. The molecule has 0 aliphatic carbocycles. The average Bonchev–Trinajstić information content (AvgIpc) is 3.09. The zero-order valence-corrected chi connectivity index (χ0v) is 12.5. The Kier molecular flexibility index (Phi) is 4.81. The summed E-state index contributed by atoms with van der Waals surface area (Å²) in [6.45, 7) is 1.16. The number of rotatable bonds is 4. The molecule has 0 unspecified atom stereocenters. The third kappa shape index (κ3) is 4.14. The molecular weight excluding hydrogens is 315 g/mol. The molecule has 1 aliphatic rings. The third-order valence-corrected chi connectivity index (χ3v) is 3.92. The number of carbonyl (C=O) groups is 2. The fraction of sp³-hybridized carbons (Fsp3) is 0.615. The van der Waals surface area contributed by atoms with Crippen molar-refractivity contribution in [3.05, 3.63) is 17.7 Å². The Morgan fingerprint density at radius 1 is 1.48 bits per heavy atom. The molecule has 7 nitrogen and oxygen atoms in total. The Morgan fingerprint density at radius 2 is 2.17 bits per heavy atom. The molecule has 3 amide bonds. The number of halogens is 3. The van der Waals surface area contributed by atoms with E-state index in [1.807, 2.05) is 12.2 Å². The van der Waals surface area contributed by atoms with Crippen LogP contribution in [0.25, 0.3) is 0 Å². The molecule has 1 saturated heterocycles. The number of hydrogen-bond donors (Lipinski definition) is 3. The van der Waals surface area contributed by atoms with Crippen molar-refractivity contribution >= 4 is 11.9 Å². The lowest BCUT2D eigenvalue weighted by Gasteiger charge is -2.17. The second kappa shape index (κ2) is 6.47. The molecule has 1 aromatic rings. The molecule has 2 rings (SSSR count). The van der Waals surface area contributed by atoms with Gasteiger partial charge in [-0.05, 0) is 5.92 Å². The minimum atomic E-state index is -4.45. The van der Waals surface area contributed by atoms with E-state index in [1.165, 1.54) is 11.1 Å². The molecule has 1 aliphatic heterocycles. The Balaban J connectivity index is 2.04. The number of aromatic nitrogens is 2. The highest BCUT2D eigenvalue weighted by atomic mass is 19.4. The molecule has 10 heteroatoms. The van der Waals surface area contributed by atoms with E-state index in [4.69, 9.17) is 5.73 Å². The van der Waals surface area contributed by atoms with Crippen molar-refractivity contribution in [2.75, 3.05) is 19.6 Å². The summed E-state index contributed by atoms with van der Waals surface area (Å²) < 4.78 is 36.5. The number of nitrogens with one attached hydrogen (secondary N) is 2. The van der Waals surface area contributed by atoms with Crippen LogP contribution in [-0.4, -0.2) is 52.6 Å². The van der Waals surface area contributed by atoms with Gasteiger partial charge in [0.25, 0.3) is 5.91 Å². The number of hydrogen-bond acceptors (Lipinski definition) is 3. The van der Waals surface area contributed by atoms with Gasteiger partial charge in [0.05, 0.1) is 0 Å². The van der Waals surface area contributed by atoms with Gasteiger partial charge in [-0.2, -0.15) is 13.2 Å². The quantitative estimate of drug-likeness (QED) is 0.771. The van der Waals surface area contributed by atoms with Crippen molar-refractivity contribution in [2.45, 2.75) is 25.4 Å². The van der Waals surface area contributed by atoms with Gasteiger partial charge < -0.3 is 20.9 Å². The summed E-state index contributed by atoms with van der Waals surface area (Å²) in [5, 5.41) is 1.87. The molecule has 0 saturated carbocycles. The summed E-state index contributed by atoms with van der Waals surface area (Å²) in [4.78, 5) is 31.0. The molecule has 128 valence electrons. The van der Waals surface area contributed by atoms with E-state index in [2.05, 4.69) is 9.97 Å². The first kappa shape index (κ1) is 17.1. The van der Waals surface area contributed by atoms with E-state index in [9.17, 15) is 22.8 Å². The van der Waals surface area contributed by atoms with Gasteiger partial charge in [-0.15, -0.1) is 0 Å². The third-order valence-electron chi connectivity index (χ3n) is 3.92. The number of aromatic amines is 1. The molecule has 2 heterocycles. The zero-order valence-electron chi connectivity index (χ0n) is 12.5. The van der Waals surface area contributed by atoms with Crippen molar-refractivity contribution in [1.82, 2.24) is 20.2 Å². The number of amides is 3. The van der Waals surface area contributed by atoms with Crippen LogP contribution < -0.4 is 11.1 Å². The largest absolute Gasteiger partial charge is 0.405 e. The van der Waals surface area contributed by atoms with E-state index in [0.717, 1.165) is 6.42 Å². The van der Waals surface area contributed by atoms with E-state index in [0.29, 0.717) is 12.2 Å². The molecule has 23 heavy (non-hydrogen) atoms. The number of urea groups is 1. The second-order valence-corrected chi connectivity index (χ2v) is 5.51. The van der Waals surface area contributed by atoms with Crippen LogP contribution in [0.15, 0.2) is 6.20 Å². The number of imidazole rings is 1. The van der Waals surface area contributed by atoms with Gasteiger partial charge in [-0.1, -0.05) is 13.3 Å². The Morgan fingerprint density at radius 3 is 2.70 bits per heavy atom. The lowest BCUT2D eigenvalue weighted by molar-refractivity contribution is -0.123. The van der Waals surface area contributed by atoms with Gasteiger partial charge in [-0.25, -0.2) is 9.78 Å². The van der Waals surface area contributed by atoms with Gasteiger partial charge in [0.1, 0.15) is 6.54 Å². The van der Waals surface area contributed by atoms with Crippen LogP contribution in [0.3, 0.4) is 0 Å². The number of H-pyrrole nitrogens is 1. The first-order chi connectivity index (χ1) is 10.7. The lowest BCUT2D eigenvalue weighted by atomic mass is 9.91. The fourth-order valence-corrected chi connectivity index (χ4v) is 2.74. The highest BCUT2D eigenvalue weighted by Crippen LogP contribution is 2.33. The van der Waals surface area contributed by atoms with Crippen molar-refractivity contribution < 1.29 is 22.8 Å². The smallest absolute Gasteiger partial charge is 0.363 e. The van der Waals surface area contributed by atoms with Crippen LogP contribution in [-0.2, 0) is 0 Å². The summed E-state index contributed by atoms with van der Waals surface area (Å²) in [5.41, 5.74) is 5.78. The molecule has 0 bridgehead atoms. The van der Waals surface area contributed by atoms with Crippen LogP contribution in [0, 0.1) is 5.92 Å². The number of nitrogens with two attached hydrogens (primary N) is 1. The Labute approximate surface area is 130 Å². The Hall–Kier alpha value is -2.26. The normalized spacial score (nSPS) is 21.5. The standard InChI is InChI=1S/C13H18F3N5O2/c1-2-7-4-21(12(23)19-6-13(14,15)16)5-8(7)9-3-18-11(20-9)10(17)22/h3,7-8H,2,4-6H2,1H3,(H2,17,22)(H,18,20)(H,19,23)/t7-,8+/m1/s1. The number of carbonyl (C=O) groups excluding carboxylic acids is 2. The first-order valence-electron chi connectivity index (χ1n) is 7.15. The van der Waals surface area contributed by atoms with E-state index in [1.54, 1.807) is 0 Å². The number of nitrogens with zero attached hydrogens (tertiary/aromatic N) is 2. The maximum Gasteiger partial charge on any atom is 0.405 e. The summed E-state index contributed by atoms with van der Waals surface area (Å²) in [5.74, 6) is -0.734. The molecule has 0 radical (unpaired) electrons. The van der Waals surface area contributed by atoms with Crippen molar-refractivity contribution in [3.8, 4) is 0 Å². The van der Waals surface area contributed by atoms with E-state index < -0.39 is 24.7 Å². The second-order valence-electron chi connectivity index (χ2n) is 5.51. The monoisotopic (exact) mass is 333 g/mol. The van der Waals surface area contributed by atoms with Gasteiger partial charge in [0.2, 0.25) is 0 Å². The van der Waals surface area contributed by atoms with Crippen LogP contribution in [0.1, 0.15) is 35.6 Å². The summed E-state index contributed by atoms with van der Waals surface area (Å²) in [6, 6.07) is -0.752. The van der Waals surface area contributed by atoms with Crippen LogP contribution in [0.4, 0.5) is 18.0 Å². The number of primary amides is 1. The topological polar surface area (TPSA) is 104 Å². The Bertz CT molecular complexity index is 586. The first-order valence-corrected chi connectivity index (χ1v) is 7.15. The minimum absolute atomic E-state index is 0.0230. The van der Waals surface area contributed by atoms with Gasteiger partial charge in [0, 0.05) is 30.9 Å². The van der Waals surface area contributed by atoms with Crippen LogP contribution >= 0.6 is 0 Å². The number of likely N-dealkylation sites (tertiary alicyclic amines) is 1. The predicted molar refractivity (Wildman–Crippen MR) is 74.7 cm³/mol. The molecule has 2 atom stereocenters. The molecule has 1 aromatic heterocycles. The lowest BCUT2D eigenvalue weighted by Crippen LogP contribution is -2.42. The SMILES string of the molecule is CC[C@@H]1CN(C(=O)NCC(F)(F)F)C[C@@H]1c1cnc(C(N)=O)[nH]1. The van der Waals surface area contributed by atoms with E-state index in [-0.39, 0.29) is 24.2 Å². The molecule has 4 N–H and O–H groups in total. The average molecular weight is 333 g/mol. The fourth-order valence-electron chi connectivity index (χ4n) is 2.74. The maximum atomic E-state index is 12.2. The van der Waals surface area contributed by atoms with Crippen molar-refractivity contribution in [3.63, 3.8) is 0 Å². The summed E-state index contributed by atoms with van der Waals surface area (Å²) >= 11 is 0. The van der Waals surface area contributed by atoms with Gasteiger partial charge in [-0.3, -0.25) is 4.79 Å². The number of alkyl halides is 3. The predicted octanol–water partition coefficient (Wildman–Crippen LogP) is 1.21. The minimum Gasteiger partial charge on any atom is -0.363 e. The molecule has 0 aromatic carbocycles. The highest BCUT2D eigenvalue weighted by molar-refractivity contribution is 5.88. The summed E-state index contributed by atoms with van der Waals surface area (Å²) in [6.07, 6.45) is -2.23.